The summed E-state index contributed by atoms with van der Waals surface area (Å²) in [5.41, 5.74) is 4.41. The Kier molecular flexibility index (Phi) is 4.00. The van der Waals surface area contributed by atoms with Crippen molar-refractivity contribution in [2.75, 3.05) is 11.6 Å². The van der Waals surface area contributed by atoms with Crippen LogP contribution in [0.2, 0.25) is 0 Å². The van der Waals surface area contributed by atoms with Crippen molar-refractivity contribution in [3.8, 4) is 5.88 Å². The van der Waals surface area contributed by atoms with Crippen LogP contribution in [0, 0.1) is 5.82 Å². The maximum absolute atomic E-state index is 14.5. The number of alkyl halides is 3. The fourth-order valence-electron chi connectivity index (χ4n) is 2.28. The third kappa shape index (κ3) is 3.32. The molecule has 8 nitrogen and oxygen atoms in total. The molecule has 1 aliphatic carbocycles. The molecule has 1 aromatic rings. The van der Waals surface area contributed by atoms with E-state index < -0.39 is 17.8 Å². The summed E-state index contributed by atoms with van der Waals surface area (Å²) >= 11 is 0. The Labute approximate surface area is 144 Å². The zero-order valence-electron chi connectivity index (χ0n) is 13.1. The second-order valence-electron chi connectivity index (χ2n) is 5.72. The van der Waals surface area contributed by atoms with Gasteiger partial charge in [-0.25, -0.2) is 9.99 Å². The van der Waals surface area contributed by atoms with Gasteiger partial charge in [-0.3, -0.25) is 5.01 Å². The van der Waals surface area contributed by atoms with Crippen LogP contribution in [0.3, 0.4) is 0 Å². The number of pyridine rings is 1. The Morgan fingerprint density at radius 1 is 1.23 bits per heavy atom. The first-order chi connectivity index (χ1) is 12.4. The standard InChI is InChI=1S/C14H13F4N5O3/c15-12-10(23-6-11(26-21-23)14(16,17)18)3-4-19-13(12)24-7-9-5-22(20-25-9)8-1-2-8/h3-6,8,20-21H,1-2,7H2. The third-order valence-corrected chi connectivity index (χ3v) is 3.73. The Hall–Kier alpha value is -2.73. The first kappa shape index (κ1) is 16.7. The summed E-state index contributed by atoms with van der Waals surface area (Å²) in [5.74, 6) is -2.21. The number of hydrogen-bond acceptors (Lipinski definition) is 8. The molecule has 0 atom stereocenters. The summed E-state index contributed by atoms with van der Waals surface area (Å²) in [7, 11) is 0. The minimum atomic E-state index is -4.70. The highest BCUT2D eigenvalue weighted by Gasteiger charge is 2.41. The molecular formula is C14H13F4N5O3. The molecule has 3 heterocycles. The van der Waals surface area contributed by atoms with Crippen LogP contribution in [0.25, 0.3) is 0 Å². The van der Waals surface area contributed by atoms with Crippen LogP contribution in [0.1, 0.15) is 12.8 Å². The third-order valence-electron chi connectivity index (χ3n) is 3.73. The van der Waals surface area contributed by atoms with E-state index in [2.05, 4.69) is 15.4 Å². The average Bonchev–Trinajstić information content (AvgIpc) is 3.13. The number of ether oxygens (including phenoxy) is 1. The van der Waals surface area contributed by atoms with E-state index in [0.29, 0.717) is 18.0 Å². The highest BCUT2D eigenvalue weighted by atomic mass is 19.4. The van der Waals surface area contributed by atoms with Gasteiger partial charge in [0, 0.05) is 12.2 Å². The molecule has 0 radical (unpaired) electrons. The molecule has 0 spiro atoms. The van der Waals surface area contributed by atoms with E-state index in [-0.39, 0.29) is 18.2 Å². The summed E-state index contributed by atoms with van der Waals surface area (Å²) in [5, 5.41) is 2.53. The van der Waals surface area contributed by atoms with Crippen LogP contribution >= 0.6 is 0 Å². The number of hydrogen-bond donors (Lipinski definition) is 2. The van der Waals surface area contributed by atoms with Crippen molar-refractivity contribution < 1.29 is 32.0 Å². The van der Waals surface area contributed by atoms with Crippen molar-refractivity contribution in [3.05, 3.63) is 42.0 Å². The van der Waals surface area contributed by atoms with Crippen molar-refractivity contribution in [2.45, 2.75) is 25.1 Å². The van der Waals surface area contributed by atoms with Crippen LogP contribution in [-0.4, -0.2) is 28.8 Å². The summed E-state index contributed by atoms with van der Waals surface area (Å²) in [6.45, 7) is -0.100. The van der Waals surface area contributed by atoms with Gasteiger partial charge in [0.25, 0.3) is 5.88 Å². The van der Waals surface area contributed by atoms with Gasteiger partial charge in [-0.05, 0) is 18.9 Å². The number of nitrogens with zero attached hydrogens (tertiary/aromatic N) is 3. The smallest absolute Gasteiger partial charge is 0.453 e. The van der Waals surface area contributed by atoms with Gasteiger partial charge in [-0.1, -0.05) is 11.2 Å². The van der Waals surface area contributed by atoms with Crippen LogP contribution in [0.4, 0.5) is 23.2 Å². The van der Waals surface area contributed by atoms with Crippen LogP contribution in [0.5, 0.6) is 5.88 Å². The second-order valence-corrected chi connectivity index (χ2v) is 5.72. The Morgan fingerprint density at radius 2 is 2.04 bits per heavy atom. The molecule has 4 rings (SSSR count). The van der Waals surface area contributed by atoms with Gasteiger partial charge >= 0.3 is 6.18 Å². The van der Waals surface area contributed by atoms with Crippen molar-refractivity contribution in [1.29, 1.82) is 0 Å². The van der Waals surface area contributed by atoms with Gasteiger partial charge in [0.15, 0.2) is 12.4 Å². The van der Waals surface area contributed by atoms with Gasteiger partial charge in [0.1, 0.15) is 5.69 Å². The van der Waals surface area contributed by atoms with E-state index in [1.165, 1.54) is 12.3 Å². The maximum atomic E-state index is 14.5. The molecule has 2 N–H and O–H groups in total. The lowest BCUT2D eigenvalue weighted by Crippen LogP contribution is -2.29. The number of rotatable bonds is 5. The molecule has 2 aliphatic heterocycles. The highest BCUT2D eigenvalue weighted by Crippen LogP contribution is 2.33. The van der Waals surface area contributed by atoms with E-state index in [0.717, 1.165) is 17.9 Å². The first-order valence-corrected chi connectivity index (χ1v) is 7.61. The molecule has 0 saturated heterocycles. The van der Waals surface area contributed by atoms with Gasteiger partial charge in [0.05, 0.1) is 12.4 Å². The Balaban J connectivity index is 1.45. The highest BCUT2D eigenvalue weighted by molar-refractivity contribution is 5.52. The number of nitrogens with one attached hydrogen (secondary N) is 2. The number of anilines is 1. The predicted octanol–water partition coefficient (Wildman–Crippen LogP) is 2.01. The predicted molar refractivity (Wildman–Crippen MR) is 77.7 cm³/mol. The molecule has 0 unspecified atom stereocenters. The van der Waals surface area contributed by atoms with Crippen molar-refractivity contribution in [1.82, 2.24) is 21.2 Å². The van der Waals surface area contributed by atoms with Gasteiger partial charge in [0.2, 0.25) is 11.6 Å². The quantitative estimate of drug-likeness (QED) is 0.758. The lowest BCUT2D eigenvalue weighted by atomic mass is 10.3. The van der Waals surface area contributed by atoms with E-state index in [1.807, 2.05) is 5.59 Å². The molecule has 26 heavy (non-hydrogen) atoms. The molecule has 12 heteroatoms. The summed E-state index contributed by atoms with van der Waals surface area (Å²) in [6.07, 6.45) is 0.899. The number of allylic oxidation sites excluding steroid dienone is 1. The zero-order valence-corrected chi connectivity index (χ0v) is 13.1. The van der Waals surface area contributed by atoms with E-state index in [1.54, 1.807) is 11.2 Å². The van der Waals surface area contributed by atoms with Crippen molar-refractivity contribution >= 4 is 5.69 Å². The fourth-order valence-corrected chi connectivity index (χ4v) is 2.28. The maximum Gasteiger partial charge on any atom is 0.453 e. The minimum absolute atomic E-state index is 0.100. The molecule has 1 saturated carbocycles. The summed E-state index contributed by atoms with van der Waals surface area (Å²) in [4.78, 5) is 13.2. The number of halogens is 4. The molecule has 0 aromatic carbocycles. The van der Waals surface area contributed by atoms with Gasteiger partial charge in [-0.2, -0.15) is 17.6 Å². The molecule has 3 aliphatic rings. The van der Waals surface area contributed by atoms with Gasteiger partial charge in [-0.15, -0.1) is 0 Å². The van der Waals surface area contributed by atoms with E-state index >= 15 is 0 Å². The monoisotopic (exact) mass is 375 g/mol. The molecule has 0 amide bonds. The molecule has 0 bridgehead atoms. The van der Waals surface area contributed by atoms with Gasteiger partial charge < -0.3 is 14.4 Å². The minimum Gasteiger partial charge on any atom is -0.467 e. The Morgan fingerprint density at radius 3 is 2.73 bits per heavy atom. The van der Waals surface area contributed by atoms with E-state index in [4.69, 9.17) is 9.57 Å². The molecular weight excluding hydrogens is 362 g/mol. The summed E-state index contributed by atoms with van der Waals surface area (Å²) in [6, 6.07) is 1.55. The van der Waals surface area contributed by atoms with Crippen LogP contribution < -0.4 is 20.9 Å². The van der Waals surface area contributed by atoms with Crippen LogP contribution in [0.15, 0.2) is 36.2 Å². The molecule has 140 valence electrons. The summed E-state index contributed by atoms with van der Waals surface area (Å²) < 4.78 is 57.6. The number of hydrazine groups is 2. The molecule has 1 fully saturated rings. The topological polar surface area (TPSA) is 71.1 Å². The first-order valence-electron chi connectivity index (χ1n) is 7.61. The lowest BCUT2D eigenvalue weighted by Gasteiger charge is -2.15. The SMILES string of the molecule is Fc1c(N2C=C(C(F)(F)F)ON2)ccnc1OCC1=CN(C2CC2)NO1. The van der Waals surface area contributed by atoms with Crippen LogP contribution in [-0.2, 0) is 9.68 Å². The average molecular weight is 375 g/mol. The normalized spacial score (nSPS) is 19.8. The Bertz CT molecular complexity index is 765. The molecule has 1 aromatic heterocycles. The number of aromatic nitrogens is 1. The fraction of sp³-hybridized carbons (Fsp3) is 0.357. The zero-order chi connectivity index (χ0) is 18.3. The largest absolute Gasteiger partial charge is 0.467 e. The van der Waals surface area contributed by atoms with E-state index in [9.17, 15) is 17.6 Å². The van der Waals surface area contributed by atoms with Crippen molar-refractivity contribution in [3.63, 3.8) is 0 Å². The lowest BCUT2D eigenvalue weighted by molar-refractivity contribution is -0.136. The second kappa shape index (κ2) is 6.21. The van der Waals surface area contributed by atoms with Crippen molar-refractivity contribution in [2.24, 2.45) is 0 Å².